The summed E-state index contributed by atoms with van der Waals surface area (Å²) in [5.41, 5.74) is -0.152. The molecule has 1 heterocycles. The van der Waals surface area contributed by atoms with Crippen molar-refractivity contribution in [2.45, 2.75) is 19.8 Å². The maximum absolute atomic E-state index is 11.6. The van der Waals surface area contributed by atoms with E-state index < -0.39 is 0 Å². The quantitative estimate of drug-likeness (QED) is 0.665. The minimum atomic E-state index is -0.152. The van der Waals surface area contributed by atoms with Crippen LogP contribution in [0, 0.1) is 5.41 Å². The smallest absolute Gasteiger partial charge is 0.137 e. The standard InChI is InChI=1S/C10H19NO2S/c1-9(13)10(8-11-4-5-12)2-6-14-7-3-10/h11-12H,2-8H2,1H3. The Morgan fingerprint density at radius 1 is 1.50 bits per heavy atom. The summed E-state index contributed by atoms with van der Waals surface area (Å²) >= 11 is 1.92. The van der Waals surface area contributed by atoms with Crippen molar-refractivity contribution in [2.24, 2.45) is 5.41 Å². The van der Waals surface area contributed by atoms with E-state index in [2.05, 4.69) is 5.32 Å². The van der Waals surface area contributed by atoms with Gasteiger partial charge in [-0.3, -0.25) is 4.79 Å². The summed E-state index contributed by atoms with van der Waals surface area (Å²) < 4.78 is 0. The fourth-order valence-corrected chi connectivity index (χ4v) is 3.10. The van der Waals surface area contributed by atoms with Crippen LogP contribution in [0.3, 0.4) is 0 Å². The van der Waals surface area contributed by atoms with Crippen LogP contribution in [0.5, 0.6) is 0 Å². The number of hydrogen-bond donors (Lipinski definition) is 2. The van der Waals surface area contributed by atoms with E-state index in [1.54, 1.807) is 6.92 Å². The maximum Gasteiger partial charge on any atom is 0.137 e. The van der Waals surface area contributed by atoms with Crippen LogP contribution in [0.15, 0.2) is 0 Å². The minimum Gasteiger partial charge on any atom is -0.395 e. The van der Waals surface area contributed by atoms with Crippen LogP contribution in [0.25, 0.3) is 0 Å². The topological polar surface area (TPSA) is 49.3 Å². The fourth-order valence-electron chi connectivity index (χ4n) is 1.82. The van der Waals surface area contributed by atoms with E-state index in [4.69, 9.17) is 5.11 Å². The maximum atomic E-state index is 11.6. The van der Waals surface area contributed by atoms with Gasteiger partial charge in [0.1, 0.15) is 5.78 Å². The van der Waals surface area contributed by atoms with Gasteiger partial charge in [-0.15, -0.1) is 0 Å². The molecular weight excluding hydrogens is 198 g/mol. The van der Waals surface area contributed by atoms with Crippen LogP contribution in [0.4, 0.5) is 0 Å². The predicted octanol–water partition coefficient (Wildman–Crippen LogP) is 0.671. The summed E-state index contributed by atoms with van der Waals surface area (Å²) in [5.74, 6) is 2.46. The Hall–Kier alpha value is -0.0600. The van der Waals surface area contributed by atoms with Crippen molar-refractivity contribution in [1.29, 1.82) is 0 Å². The third-order valence-electron chi connectivity index (χ3n) is 2.95. The Bertz CT molecular complexity index is 191. The average Bonchev–Trinajstić information content (AvgIpc) is 2.19. The first-order valence-electron chi connectivity index (χ1n) is 5.12. The van der Waals surface area contributed by atoms with Crippen molar-refractivity contribution in [3.05, 3.63) is 0 Å². The first kappa shape index (κ1) is 12.0. The fraction of sp³-hybridized carbons (Fsp3) is 0.900. The average molecular weight is 217 g/mol. The molecule has 0 aromatic carbocycles. The molecule has 0 aliphatic carbocycles. The molecule has 1 aliphatic rings. The van der Waals surface area contributed by atoms with E-state index in [0.29, 0.717) is 12.3 Å². The van der Waals surface area contributed by atoms with Gasteiger partial charge in [-0.1, -0.05) is 0 Å². The van der Waals surface area contributed by atoms with Gasteiger partial charge in [0.05, 0.1) is 6.61 Å². The normalized spacial score (nSPS) is 20.7. The third-order valence-corrected chi connectivity index (χ3v) is 3.93. The lowest BCUT2D eigenvalue weighted by Crippen LogP contribution is -2.43. The summed E-state index contributed by atoms with van der Waals surface area (Å²) in [5, 5.41) is 11.8. The van der Waals surface area contributed by atoms with Crippen LogP contribution in [0.1, 0.15) is 19.8 Å². The van der Waals surface area contributed by atoms with E-state index in [1.165, 1.54) is 0 Å². The van der Waals surface area contributed by atoms with Crippen molar-refractivity contribution in [1.82, 2.24) is 5.32 Å². The van der Waals surface area contributed by atoms with E-state index in [0.717, 1.165) is 30.9 Å². The van der Waals surface area contributed by atoms with Crippen molar-refractivity contribution in [3.63, 3.8) is 0 Å². The summed E-state index contributed by atoms with van der Waals surface area (Å²) in [6.07, 6.45) is 1.96. The molecule has 0 atom stereocenters. The molecule has 0 radical (unpaired) electrons. The molecule has 4 heteroatoms. The third kappa shape index (κ3) is 2.97. The second-order valence-corrected chi connectivity index (χ2v) is 5.07. The van der Waals surface area contributed by atoms with Gasteiger partial charge in [-0.2, -0.15) is 11.8 Å². The Balaban J connectivity index is 2.47. The SMILES string of the molecule is CC(=O)C1(CNCCO)CCSCC1. The number of nitrogens with one attached hydrogen (secondary N) is 1. The zero-order chi connectivity index (χ0) is 10.4. The number of Topliss-reactive ketones (excluding diaryl/α,β-unsaturated/α-hetero) is 1. The van der Waals surface area contributed by atoms with E-state index in [-0.39, 0.29) is 12.0 Å². The summed E-state index contributed by atoms with van der Waals surface area (Å²) in [7, 11) is 0. The molecule has 0 amide bonds. The molecule has 14 heavy (non-hydrogen) atoms. The Morgan fingerprint density at radius 2 is 2.14 bits per heavy atom. The van der Waals surface area contributed by atoms with E-state index in [9.17, 15) is 4.79 Å². The van der Waals surface area contributed by atoms with Gasteiger partial charge in [0.15, 0.2) is 0 Å². The number of thioether (sulfide) groups is 1. The highest BCUT2D eigenvalue weighted by Crippen LogP contribution is 2.35. The summed E-state index contributed by atoms with van der Waals surface area (Å²) in [4.78, 5) is 11.6. The molecule has 1 fully saturated rings. The number of aliphatic hydroxyl groups is 1. The lowest BCUT2D eigenvalue weighted by molar-refractivity contribution is -0.126. The monoisotopic (exact) mass is 217 g/mol. The molecule has 2 N–H and O–H groups in total. The second kappa shape index (κ2) is 5.73. The zero-order valence-electron chi connectivity index (χ0n) is 8.71. The molecule has 0 unspecified atom stereocenters. The molecule has 1 aliphatic heterocycles. The number of rotatable bonds is 5. The van der Waals surface area contributed by atoms with Crippen molar-refractivity contribution in [3.8, 4) is 0 Å². The van der Waals surface area contributed by atoms with Crippen LogP contribution in [-0.4, -0.2) is 42.1 Å². The first-order chi connectivity index (χ1) is 6.71. The molecule has 0 bridgehead atoms. The lowest BCUT2D eigenvalue weighted by atomic mass is 9.78. The van der Waals surface area contributed by atoms with Crippen molar-refractivity contribution >= 4 is 17.5 Å². The minimum absolute atomic E-state index is 0.142. The van der Waals surface area contributed by atoms with Gasteiger partial charge >= 0.3 is 0 Å². The van der Waals surface area contributed by atoms with Crippen LogP contribution >= 0.6 is 11.8 Å². The molecule has 0 spiro atoms. The van der Waals surface area contributed by atoms with Gasteiger partial charge in [-0.05, 0) is 31.3 Å². The van der Waals surface area contributed by atoms with Gasteiger partial charge in [0, 0.05) is 18.5 Å². The largest absolute Gasteiger partial charge is 0.395 e. The molecule has 82 valence electrons. The number of carbonyl (C=O) groups excluding carboxylic acids is 1. The number of ketones is 1. The molecule has 3 nitrogen and oxygen atoms in total. The lowest BCUT2D eigenvalue weighted by Gasteiger charge is -2.34. The predicted molar refractivity (Wildman–Crippen MR) is 59.6 cm³/mol. The number of hydrogen-bond acceptors (Lipinski definition) is 4. The number of carbonyl (C=O) groups is 1. The molecule has 0 aromatic rings. The van der Waals surface area contributed by atoms with Crippen molar-refractivity contribution in [2.75, 3.05) is 31.2 Å². The van der Waals surface area contributed by atoms with Gasteiger partial charge < -0.3 is 10.4 Å². The Kier molecular flexibility index (Phi) is 4.92. The van der Waals surface area contributed by atoms with Gasteiger partial charge in [0.2, 0.25) is 0 Å². The van der Waals surface area contributed by atoms with E-state index >= 15 is 0 Å². The first-order valence-corrected chi connectivity index (χ1v) is 6.27. The van der Waals surface area contributed by atoms with E-state index in [1.807, 2.05) is 11.8 Å². The molecule has 1 rings (SSSR count). The number of aliphatic hydroxyl groups excluding tert-OH is 1. The Labute approximate surface area is 89.6 Å². The zero-order valence-corrected chi connectivity index (χ0v) is 9.53. The molecule has 1 saturated heterocycles. The highest BCUT2D eigenvalue weighted by Gasteiger charge is 2.36. The molecule has 0 saturated carbocycles. The van der Waals surface area contributed by atoms with Crippen LogP contribution < -0.4 is 5.32 Å². The second-order valence-electron chi connectivity index (χ2n) is 3.85. The van der Waals surface area contributed by atoms with Gasteiger partial charge in [-0.25, -0.2) is 0 Å². The highest BCUT2D eigenvalue weighted by atomic mass is 32.2. The summed E-state index contributed by atoms with van der Waals surface area (Å²) in [6.45, 7) is 3.14. The summed E-state index contributed by atoms with van der Waals surface area (Å²) in [6, 6.07) is 0. The van der Waals surface area contributed by atoms with Crippen LogP contribution in [-0.2, 0) is 4.79 Å². The molecule has 0 aromatic heterocycles. The van der Waals surface area contributed by atoms with Gasteiger partial charge in [0.25, 0.3) is 0 Å². The van der Waals surface area contributed by atoms with Crippen molar-refractivity contribution < 1.29 is 9.90 Å². The molecular formula is C10H19NO2S. The highest BCUT2D eigenvalue weighted by molar-refractivity contribution is 7.99. The Morgan fingerprint density at radius 3 is 2.64 bits per heavy atom. The van der Waals surface area contributed by atoms with Crippen LogP contribution in [0.2, 0.25) is 0 Å².